The van der Waals surface area contributed by atoms with Gasteiger partial charge in [-0.25, -0.2) is 4.79 Å². The largest absolute Gasteiger partial charge is 0.489 e. The molecule has 0 atom stereocenters. The minimum atomic E-state index is -0.581. The monoisotopic (exact) mass is 385 g/mol. The van der Waals surface area contributed by atoms with Gasteiger partial charge in [-0.15, -0.1) is 4.68 Å². The Bertz CT molecular complexity index is 1300. The summed E-state index contributed by atoms with van der Waals surface area (Å²) in [6, 6.07) is 22.3. The zero-order chi connectivity index (χ0) is 20.2. The van der Waals surface area contributed by atoms with Gasteiger partial charge >= 0.3 is 5.69 Å². The van der Waals surface area contributed by atoms with Crippen LogP contribution in [0.25, 0.3) is 10.9 Å². The predicted molar refractivity (Wildman–Crippen MR) is 114 cm³/mol. The van der Waals surface area contributed by atoms with E-state index in [2.05, 4.69) is 16.2 Å². The number of ether oxygens (including phenoxy) is 1. The SMILES string of the molecule is Cc1cccc(COc2ccc(C=Nn3c(=O)[nH]c4ccccc4c3=O)cc2)c1. The molecule has 29 heavy (non-hydrogen) atoms. The van der Waals surface area contributed by atoms with E-state index in [9.17, 15) is 9.59 Å². The minimum absolute atomic E-state index is 0.407. The summed E-state index contributed by atoms with van der Waals surface area (Å²) in [5, 5.41) is 4.46. The van der Waals surface area contributed by atoms with Gasteiger partial charge in [-0.05, 0) is 54.4 Å². The van der Waals surface area contributed by atoms with Crippen LogP contribution >= 0.6 is 0 Å². The van der Waals surface area contributed by atoms with Gasteiger partial charge in [0.15, 0.2) is 0 Å². The molecule has 6 nitrogen and oxygen atoms in total. The summed E-state index contributed by atoms with van der Waals surface area (Å²) in [6.07, 6.45) is 1.47. The van der Waals surface area contributed by atoms with E-state index in [1.165, 1.54) is 11.8 Å². The van der Waals surface area contributed by atoms with Crippen LogP contribution in [0.4, 0.5) is 0 Å². The zero-order valence-corrected chi connectivity index (χ0v) is 15.8. The maximum absolute atomic E-state index is 12.5. The van der Waals surface area contributed by atoms with Gasteiger partial charge < -0.3 is 9.72 Å². The highest BCUT2D eigenvalue weighted by Gasteiger charge is 2.05. The average molecular weight is 385 g/mol. The maximum Gasteiger partial charge on any atom is 0.349 e. The fourth-order valence-corrected chi connectivity index (χ4v) is 3.00. The first-order valence-electron chi connectivity index (χ1n) is 9.17. The van der Waals surface area contributed by atoms with E-state index in [0.29, 0.717) is 17.5 Å². The molecule has 1 N–H and O–H groups in total. The molecule has 3 aromatic carbocycles. The molecule has 1 aromatic heterocycles. The minimum Gasteiger partial charge on any atom is -0.489 e. The molecular formula is C23H19N3O3. The Kier molecular flexibility index (Phi) is 5.07. The van der Waals surface area contributed by atoms with Crippen molar-refractivity contribution in [3.63, 3.8) is 0 Å². The number of nitrogens with zero attached hydrogens (tertiary/aromatic N) is 2. The molecule has 0 saturated carbocycles. The number of aromatic amines is 1. The highest BCUT2D eigenvalue weighted by molar-refractivity contribution is 5.80. The van der Waals surface area contributed by atoms with Crippen LogP contribution < -0.4 is 16.0 Å². The number of benzene rings is 3. The van der Waals surface area contributed by atoms with Gasteiger partial charge in [0, 0.05) is 0 Å². The van der Waals surface area contributed by atoms with Crippen molar-refractivity contribution in [1.82, 2.24) is 9.66 Å². The third-order valence-corrected chi connectivity index (χ3v) is 4.47. The maximum atomic E-state index is 12.5. The van der Waals surface area contributed by atoms with Crippen LogP contribution in [0.1, 0.15) is 16.7 Å². The van der Waals surface area contributed by atoms with Crippen molar-refractivity contribution in [2.45, 2.75) is 13.5 Å². The van der Waals surface area contributed by atoms with E-state index < -0.39 is 11.2 Å². The topological polar surface area (TPSA) is 76.5 Å². The first kappa shape index (κ1) is 18.4. The van der Waals surface area contributed by atoms with Gasteiger partial charge in [0.2, 0.25) is 0 Å². The smallest absolute Gasteiger partial charge is 0.349 e. The Morgan fingerprint density at radius 3 is 2.59 bits per heavy atom. The van der Waals surface area contributed by atoms with Crippen molar-refractivity contribution in [1.29, 1.82) is 0 Å². The van der Waals surface area contributed by atoms with Crippen LogP contribution in [0.3, 0.4) is 0 Å². The number of nitrogens with one attached hydrogen (secondary N) is 1. The van der Waals surface area contributed by atoms with E-state index >= 15 is 0 Å². The van der Waals surface area contributed by atoms with Gasteiger partial charge in [-0.1, -0.05) is 42.0 Å². The molecule has 0 spiro atoms. The highest BCUT2D eigenvalue weighted by atomic mass is 16.5. The third-order valence-electron chi connectivity index (χ3n) is 4.47. The van der Waals surface area contributed by atoms with E-state index in [4.69, 9.17) is 4.74 Å². The van der Waals surface area contributed by atoms with E-state index in [0.717, 1.165) is 21.6 Å². The molecule has 0 radical (unpaired) electrons. The number of para-hydroxylation sites is 1. The first-order valence-corrected chi connectivity index (χ1v) is 9.17. The summed E-state index contributed by atoms with van der Waals surface area (Å²) in [5.41, 5.74) is 2.49. The van der Waals surface area contributed by atoms with Crippen LogP contribution in [0.5, 0.6) is 5.75 Å². The summed E-state index contributed by atoms with van der Waals surface area (Å²) in [5.74, 6) is 0.726. The van der Waals surface area contributed by atoms with Crippen molar-refractivity contribution in [2.24, 2.45) is 5.10 Å². The van der Waals surface area contributed by atoms with Gasteiger partial charge in [0.05, 0.1) is 17.1 Å². The standard InChI is InChI=1S/C23H19N3O3/c1-16-5-4-6-18(13-16)15-29-19-11-9-17(10-12-19)14-24-26-22(27)20-7-2-3-8-21(20)25-23(26)28/h2-14H,15H2,1H3,(H,25,28). The van der Waals surface area contributed by atoms with Crippen molar-refractivity contribution < 1.29 is 4.74 Å². The molecule has 0 aliphatic heterocycles. The predicted octanol–water partition coefficient (Wildman–Crippen LogP) is 3.46. The average Bonchev–Trinajstić information content (AvgIpc) is 2.73. The molecule has 0 amide bonds. The van der Waals surface area contributed by atoms with Crippen molar-refractivity contribution in [2.75, 3.05) is 0 Å². The molecule has 0 aliphatic rings. The van der Waals surface area contributed by atoms with E-state index in [1.807, 2.05) is 49.4 Å². The number of hydrogen-bond donors (Lipinski definition) is 1. The van der Waals surface area contributed by atoms with Crippen LogP contribution in [0, 0.1) is 6.92 Å². The molecular weight excluding hydrogens is 366 g/mol. The summed E-state index contributed by atoms with van der Waals surface area (Å²) in [4.78, 5) is 27.3. The lowest BCUT2D eigenvalue weighted by Crippen LogP contribution is -2.32. The van der Waals surface area contributed by atoms with Gasteiger partial charge in [0.25, 0.3) is 5.56 Å². The van der Waals surface area contributed by atoms with Crippen molar-refractivity contribution in [3.05, 3.63) is 110 Å². The number of H-pyrrole nitrogens is 1. The first-order chi connectivity index (χ1) is 14.1. The lowest BCUT2D eigenvalue weighted by Gasteiger charge is -2.07. The lowest BCUT2D eigenvalue weighted by molar-refractivity contribution is 0.306. The molecule has 6 heteroatoms. The van der Waals surface area contributed by atoms with Gasteiger partial charge in [-0.3, -0.25) is 4.79 Å². The van der Waals surface area contributed by atoms with Crippen LogP contribution in [-0.4, -0.2) is 15.9 Å². The van der Waals surface area contributed by atoms with Crippen molar-refractivity contribution in [3.8, 4) is 5.75 Å². The lowest BCUT2D eigenvalue weighted by atomic mass is 10.1. The second-order valence-electron chi connectivity index (χ2n) is 6.68. The van der Waals surface area contributed by atoms with Gasteiger partial charge in [-0.2, -0.15) is 5.10 Å². The molecule has 4 rings (SSSR count). The summed E-state index contributed by atoms with van der Waals surface area (Å²) < 4.78 is 6.62. The summed E-state index contributed by atoms with van der Waals surface area (Å²) in [6.45, 7) is 2.53. The van der Waals surface area contributed by atoms with Crippen LogP contribution in [0.2, 0.25) is 0 Å². The molecule has 1 heterocycles. The molecule has 144 valence electrons. The van der Waals surface area contributed by atoms with Crippen LogP contribution in [-0.2, 0) is 6.61 Å². The molecule has 0 bridgehead atoms. The second kappa shape index (κ2) is 7.98. The Labute approximate surface area is 166 Å². The third kappa shape index (κ3) is 4.16. The highest BCUT2D eigenvalue weighted by Crippen LogP contribution is 2.14. The molecule has 0 aliphatic carbocycles. The Hall–Kier alpha value is -3.93. The Morgan fingerprint density at radius 1 is 1.00 bits per heavy atom. The number of aryl methyl sites for hydroxylation is 1. The Morgan fingerprint density at radius 2 is 1.79 bits per heavy atom. The fraction of sp³-hybridized carbons (Fsp3) is 0.0870. The Balaban J connectivity index is 1.50. The van der Waals surface area contributed by atoms with E-state index in [-0.39, 0.29) is 0 Å². The summed E-state index contributed by atoms with van der Waals surface area (Å²) in [7, 11) is 0. The number of aromatic nitrogens is 2. The van der Waals surface area contributed by atoms with Crippen LogP contribution in [0.15, 0.2) is 87.5 Å². The van der Waals surface area contributed by atoms with E-state index in [1.54, 1.807) is 24.3 Å². The fourth-order valence-electron chi connectivity index (χ4n) is 3.00. The number of rotatable bonds is 5. The zero-order valence-electron chi connectivity index (χ0n) is 15.8. The second-order valence-corrected chi connectivity index (χ2v) is 6.68. The van der Waals surface area contributed by atoms with Crippen molar-refractivity contribution >= 4 is 17.1 Å². The quantitative estimate of drug-likeness (QED) is 0.535. The summed E-state index contributed by atoms with van der Waals surface area (Å²) >= 11 is 0. The normalized spacial score (nSPS) is 11.2. The van der Waals surface area contributed by atoms with Gasteiger partial charge in [0.1, 0.15) is 12.4 Å². The number of hydrogen-bond acceptors (Lipinski definition) is 4. The molecule has 0 saturated heterocycles. The molecule has 0 fully saturated rings. The molecule has 4 aromatic rings. The molecule has 0 unspecified atom stereocenters. The number of fused-ring (bicyclic) bond motifs is 1.